The summed E-state index contributed by atoms with van der Waals surface area (Å²) in [4.78, 5) is 12.4. The lowest BCUT2D eigenvalue weighted by Crippen LogP contribution is -2.14. The van der Waals surface area contributed by atoms with Gasteiger partial charge in [0, 0.05) is 11.3 Å². The van der Waals surface area contributed by atoms with Crippen LogP contribution in [0.5, 0.6) is 5.75 Å². The Morgan fingerprint density at radius 3 is 2.41 bits per heavy atom. The zero-order valence-corrected chi connectivity index (χ0v) is 13.6. The van der Waals surface area contributed by atoms with Crippen molar-refractivity contribution in [1.29, 1.82) is 0 Å². The van der Waals surface area contributed by atoms with Gasteiger partial charge in [-0.25, -0.2) is 0 Å². The highest BCUT2D eigenvalue weighted by atomic mass is 16.5. The fraction of sp³-hybridized carbons (Fsp3) is 0.316. The highest BCUT2D eigenvalue weighted by Gasteiger charge is 2.11. The second-order valence-electron chi connectivity index (χ2n) is 5.61. The summed E-state index contributed by atoms with van der Waals surface area (Å²) in [6, 6.07) is 13.3. The van der Waals surface area contributed by atoms with Crippen LogP contribution in [-0.4, -0.2) is 12.0 Å². The molecular formula is C19H23NO2. The lowest BCUT2D eigenvalue weighted by atomic mass is 10.1. The van der Waals surface area contributed by atoms with E-state index < -0.39 is 0 Å². The van der Waals surface area contributed by atoms with Crippen molar-refractivity contribution in [3.8, 4) is 5.75 Å². The van der Waals surface area contributed by atoms with Crippen molar-refractivity contribution in [2.45, 2.75) is 40.2 Å². The molecule has 0 radical (unpaired) electrons. The van der Waals surface area contributed by atoms with E-state index in [1.54, 1.807) is 12.1 Å². The Kier molecular flexibility index (Phi) is 5.21. The van der Waals surface area contributed by atoms with E-state index in [-0.39, 0.29) is 12.0 Å². The van der Waals surface area contributed by atoms with E-state index in [0.717, 1.165) is 29.0 Å². The Labute approximate surface area is 132 Å². The normalized spacial score (nSPS) is 10.6. The molecule has 0 aromatic heterocycles. The van der Waals surface area contributed by atoms with E-state index >= 15 is 0 Å². The molecule has 3 heteroatoms. The third-order valence-corrected chi connectivity index (χ3v) is 3.47. The van der Waals surface area contributed by atoms with Gasteiger partial charge in [0.05, 0.1) is 6.10 Å². The monoisotopic (exact) mass is 297 g/mol. The number of benzene rings is 2. The summed E-state index contributed by atoms with van der Waals surface area (Å²) in [6.07, 6.45) is 1.01. The van der Waals surface area contributed by atoms with Gasteiger partial charge in [0.2, 0.25) is 0 Å². The number of amides is 1. The van der Waals surface area contributed by atoms with Gasteiger partial charge in [0.25, 0.3) is 5.91 Å². The van der Waals surface area contributed by atoms with Gasteiger partial charge >= 0.3 is 0 Å². The topological polar surface area (TPSA) is 38.3 Å². The van der Waals surface area contributed by atoms with Gasteiger partial charge in [0.15, 0.2) is 0 Å². The maximum atomic E-state index is 12.4. The molecule has 0 aliphatic heterocycles. The molecule has 116 valence electrons. The van der Waals surface area contributed by atoms with Crippen molar-refractivity contribution in [2.75, 3.05) is 5.32 Å². The molecule has 0 fully saturated rings. The molecule has 0 aliphatic carbocycles. The summed E-state index contributed by atoms with van der Waals surface area (Å²) in [5.41, 5.74) is 3.76. The minimum absolute atomic E-state index is 0.0971. The second kappa shape index (κ2) is 7.12. The van der Waals surface area contributed by atoms with Gasteiger partial charge in [-0.2, -0.15) is 0 Å². The number of rotatable bonds is 5. The smallest absolute Gasteiger partial charge is 0.255 e. The van der Waals surface area contributed by atoms with Crippen LogP contribution in [0.1, 0.15) is 42.3 Å². The van der Waals surface area contributed by atoms with Crippen LogP contribution in [0, 0.1) is 6.92 Å². The molecular weight excluding hydrogens is 274 g/mol. The molecule has 3 nitrogen and oxygen atoms in total. The highest BCUT2D eigenvalue weighted by molar-refractivity contribution is 6.05. The summed E-state index contributed by atoms with van der Waals surface area (Å²) in [5.74, 6) is 0.678. The molecule has 0 unspecified atom stereocenters. The number of para-hydroxylation sites is 1. The lowest BCUT2D eigenvalue weighted by Gasteiger charge is -2.13. The van der Waals surface area contributed by atoms with E-state index in [1.807, 2.05) is 51.1 Å². The van der Waals surface area contributed by atoms with E-state index in [0.29, 0.717) is 5.56 Å². The predicted molar refractivity (Wildman–Crippen MR) is 90.7 cm³/mol. The molecule has 22 heavy (non-hydrogen) atoms. The van der Waals surface area contributed by atoms with Crippen molar-refractivity contribution in [3.63, 3.8) is 0 Å². The average molecular weight is 297 g/mol. The summed E-state index contributed by atoms with van der Waals surface area (Å²) in [6.45, 7) is 8.05. The predicted octanol–water partition coefficient (Wildman–Crippen LogP) is 4.60. The zero-order chi connectivity index (χ0) is 16.1. The molecule has 0 atom stereocenters. The molecule has 0 spiro atoms. The number of aryl methyl sites for hydroxylation is 2. The quantitative estimate of drug-likeness (QED) is 0.876. The third kappa shape index (κ3) is 3.88. The van der Waals surface area contributed by atoms with E-state index in [9.17, 15) is 4.79 Å². The Bertz CT molecular complexity index is 645. The summed E-state index contributed by atoms with van der Waals surface area (Å²) >= 11 is 0. The molecule has 0 aliphatic rings. The molecule has 0 saturated carbocycles. The summed E-state index contributed by atoms with van der Waals surface area (Å²) in [5, 5.41) is 3.03. The zero-order valence-electron chi connectivity index (χ0n) is 13.6. The van der Waals surface area contributed by atoms with Crippen molar-refractivity contribution < 1.29 is 9.53 Å². The molecule has 2 aromatic carbocycles. The first-order valence-electron chi connectivity index (χ1n) is 7.67. The number of hydrogen-bond donors (Lipinski definition) is 1. The molecule has 0 bridgehead atoms. The summed E-state index contributed by atoms with van der Waals surface area (Å²) < 4.78 is 5.59. The van der Waals surface area contributed by atoms with Crippen LogP contribution in [-0.2, 0) is 6.42 Å². The van der Waals surface area contributed by atoms with Crippen LogP contribution in [0.3, 0.4) is 0 Å². The van der Waals surface area contributed by atoms with Crippen molar-refractivity contribution in [1.82, 2.24) is 0 Å². The number of ether oxygens (including phenoxy) is 1. The molecule has 0 heterocycles. The van der Waals surface area contributed by atoms with Gasteiger partial charge in [-0.15, -0.1) is 0 Å². The van der Waals surface area contributed by atoms with Crippen molar-refractivity contribution in [2.24, 2.45) is 0 Å². The standard InChI is InChI=1S/C19H23NO2/c1-5-15-8-6-7-14(4)18(15)20-19(21)16-9-11-17(12-10-16)22-13(2)3/h6-13H,5H2,1-4H3,(H,20,21). The summed E-state index contributed by atoms with van der Waals surface area (Å²) in [7, 11) is 0. The number of nitrogens with one attached hydrogen (secondary N) is 1. The Morgan fingerprint density at radius 1 is 1.14 bits per heavy atom. The van der Waals surface area contributed by atoms with Crippen molar-refractivity contribution >= 4 is 11.6 Å². The van der Waals surface area contributed by atoms with Gasteiger partial charge in [-0.05, 0) is 62.6 Å². The van der Waals surface area contributed by atoms with Gasteiger partial charge in [-0.3, -0.25) is 4.79 Å². The molecule has 2 rings (SSSR count). The van der Waals surface area contributed by atoms with E-state index in [2.05, 4.69) is 12.2 Å². The maximum Gasteiger partial charge on any atom is 0.255 e. The number of carbonyl (C=O) groups is 1. The van der Waals surface area contributed by atoms with Gasteiger partial charge in [0.1, 0.15) is 5.75 Å². The Hall–Kier alpha value is -2.29. The number of anilines is 1. The van der Waals surface area contributed by atoms with E-state index in [4.69, 9.17) is 4.74 Å². The third-order valence-electron chi connectivity index (χ3n) is 3.47. The Balaban J connectivity index is 2.16. The molecule has 2 aromatic rings. The number of hydrogen-bond acceptors (Lipinski definition) is 2. The largest absolute Gasteiger partial charge is 0.491 e. The van der Waals surface area contributed by atoms with Crippen LogP contribution in [0.4, 0.5) is 5.69 Å². The second-order valence-corrected chi connectivity index (χ2v) is 5.61. The minimum Gasteiger partial charge on any atom is -0.491 e. The fourth-order valence-electron chi connectivity index (χ4n) is 2.34. The van der Waals surface area contributed by atoms with E-state index in [1.165, 1.54) is 0 Å². The molecule has 1 amide bonds. The van der Waals surface area contributed by atoms with Gasteiger partial charge < -0.3 is 10.1 Å². The minimum atomic E-state index is -0.0971. The molecule has 0 saturated heterocycles. The number of carbonyl (C=O) groups excluding carboxylic acids is 1. The van der Waals surface area contributed by atoms with Crippen LogP contribution in [0.15, 0.2) is 42.5 Å². The first-order valence-corrected chi connectivity index (χ1v) is 7.67. The fourth-order valence-corrected chi connectivity index (χ4v) is 2.34. The maximum absolute atomic E-state index is 12.4. The SMILES string of the molecule is CCc1cccc(C)c1NC(=O)c1ccc(OC(C)C)cc1. The molecule has 1 N–H and O–H groups in total. The highest BCUT2D eigenvalue weighted by Crippen LogP contribution is 2.22. The lowest BCUT2D eigenvalue weighted by molar-refractivity contribution is 0.102. The van der Waals surface area contributed by atoms with Crippen LogP contribution in [0.2, 0.25) is 0 Å². The van der Waals surface area contributed by atoms with Crippen LogP contribution >= 0.6 is 0 Å². The van der Waals surface area contributed by atoms with Crippen LogP contribution < -0.4 is 10.1 Å². The first kappa shape index (κ1) is 16.1. The van der Waals surface area contributed by atoms with Crippen molar-refractivity contribution in [3.05, 3.63) is 59.2 Å². The van der Waals surface area contributed by atoms with Crippen LogP contribution in [0.25, 0.3) is 0 Å². The van der Waals surface area contributed by atoms with Gasteiger partial charge in [-0.1, -0.05) is 25.1 Å². The average Bonchev–Trinajstić information content (AvgIpc) is 2.49. The Morgan fingerprint density at radius 2 is 1.82 bits per heavy atom. The first-order chi connectivity index (χ1) is 10.5.